The summed E-state index contributed by atoms with van der Waals surface area (Å²) in [6, 6.07) is 0. The predicted octanol–water partition coefficient (Wildman–Crippen LogP) is 1.72. The van der Waals surface area contributed by atoms with Crippen molar-refractivity contribution in [1.29, 1.82) is 0 Å². The Bertz CT molecular complexity index is 291. The first kappa shape index (κ1) is 10.3. The molecule has 0 aliphatic heterocycles. The van der Waals surface area contributed by atoms with Gasteiger partial charge in [0.25, 0.3) is 0 Å². The van der Waals surface area contributed by atoms with E-state index in [9.17, 15) is 4.79 Å². The lowest BCUT2D eigenvalue weighted by molar-refractivity contribution is -0.108. The molecule has 3 nitrogen and oxygen atoms in total. The highest BCUT2D eigenvalue weighted by molar-refractivity contribution is 9.09. The molecule has 1 aromatic heterocycles. The molecular formula is C9H11BrN2O. The number of aldehydes is 1. The topological polar surface area (TPSA) is 42.9 Å². The second-order valence-electron chi connectivity index (χ2n) is 2.64. The van der Waals surface area contributed by atoms with Crippen molar-refractivity contribution in [1.82, 2.24) is 9.97 Å². The zero-order valence-corrected chi connectivity index (χ0v) is 8.99. The Balaban J connectivity index is 3.03. The van der Waals surface area contributed by atoms with Crippen LogP contribution in [0.2, 0.25) is 0 Å². The molecule has 0 aliphatic carbocycles. The first-order chi connectivity index (χ1) is 6.33. The number of aromatic nitrogens is 2. The lowest BCUT2D eigenvalue weighted by atomic mass is 10.1. The van der Waals surface area contributed by atoms with E-state index in [-0.39, 0.29) is 5.92 Å². The molecule has 70 valence electrons. The molecule has 1 atom stereocenters. The van der Waals surface area contributed by atoms with Gasteiger partial charge in [-0.05, 0) is 6.42 Å². The predicted molar refractivity (Wildman–Crippen MR) is 54.0 cm³/mol. The fourth-order valence-electron chi connectivity index (χ4n) is 1.13. The number of aryl methyl sites for hydroxylation is 1. The second kappa shape index (κ2) is 5.07. The third kappa shape index (κ3) is 2.34. The van der Waals surface area contributed by atoms with E-state index >= 15 is 0 Å². The van der Waals surface area contributed by atoms with E-state index < -0.39 is 0 Å². The number of carbonyl (C=O) groups excluding carboxylic acids is 1. The summed E-state index contributed by atoms with van der Waals surface area (Å²) < 4.78 is 0. The molecule has 13 heavy (non-hydrogen) atoms. The van der Waals surface area contributed by atoms with E-state index in [0.717, 1.165) is 24.1 Å². The van der Waals surface area contributed by atoms with E-state index in [4.69, 9.17) is 0 Å². The van der Waals surface area contributed by atoms with Crippen molar-refractivity contribution in [2.24, 2.45) is 0 Å². The summed E-state index contributed by atoms with van der Waals surface area (Å²) in [6.45, 7) is 2.00. The summed E-state index contributed by atoms with van der Waals surface area (Å²) in [4.78, 5) is 19.0. The molecule has 1 rings (SSSR count). The Morgan fingerprint density at radius 1 is 1.54 bits per heavy atom. The van der Waals surface area contributed by atoms with Crippen molar-refractivity contribution in [3.63, 3.8) is 0 Å². The summed E-state index contributed by atoms with van der Waals surface area (Å²) in [5.74, 6) is -0.177. The summed E-state index contributed by atoms with van der Waals surface area (Å²) >= 11 is 3.28. The largest absolute Gasteiger partial charge is 0.303 e. The maximum Gasteiger partial charge on any atom is 0.129 e. The van der Waals surface area contributed by atoms with Gasteiger partial charge in [0.1, 0.15) is 6.29 Å². The Hall–Kier alpha value is -0.770. The SMILES string of the molecule is CCc1nccnc1C(C=O)CBr. The Kier molecular flexibility index (Phi) is 4.02. The minimum atomic E-state index is -0.177. The van der Waals surface area contributed by atoms with Gasteiger partial charge in [-0.3, -0.25) is 9.97 Å². The summed E-state index contributed by atoms with van der Waals surface area (Å²) in [5.41, 5.74) is 1.69. The fraction of sp³-hybridized carbons (Fsp3) is 0.444. The number of carbonyl (C=O) groups is 1. The first-order valence-electron chi connectivity index (χ1n) is 4.14. The molecule has 0 radical (unpaired) electrons. The van der Waals surface area contributed by atoms with Gasteiger partial charge < -0.3 is 4.79 Å². The summed E-state index contributed by atoms with van der Waals surface area (Å²) in [5, 5.41) is 0.599. The van der Waals surface area contributed by atoms with Crippen molar-refractivity contribution in [2.45, 2.75) is 19.3 Å². The standard InChI is InChI=1S/C9H11BrN2O/c1-2-8-9(7(5-10)6-13)12-4-3-11-8/h3-4,6-7H,2,5H2,1H3. The van der Waals surface area contributed by atoms with Crippen LogP contribution in [-0.2, 0) is 11.2 Å². The molecule has 1 heterocycles. The average Bonchev–Trinajstić information content (AvgIpc) is 2.20. The molecule has 0 aromatic carbocycles. The number of rotatable bonds is 4. The Morgan fingerprint density at radius 3 is 2.77 bits per heavy atom. The number of hydrogen-bond acceptors (Lipinski definition) is 3. The molecule has 0 amide bonds. The van der Waals surface area contributed by atoms with Crippen molar-refractivity contribution < 1.29 is 4.79 Å². The molecule has 0 N–H and O–H groups in total. The number of nitrogens with zero attached hydrogens (tertiary/aromatic N) is 2. The van der Waals surface area contributed by atoms with Gasteiger partial charge in [0, 0.05) is 17.7 Å². The summed E-state index contributed by atoms with van der Waals surface area (Å²) in [6.07, 6.45) is 4.98. The zero-order valence-electron chi connectivity index (χ0n) is 7.40. The lowest BCUT2D eigenvalue weighted by Gasteiger charge is -2.08. The monoisotopic (exact) mass is 242 g/mol. The molecular weight excluding hydrogens is 232 g/mol. The van der Waals surface area contributed by atoms with Crippen LogP contribution >= 0.6 is 15.9 Å². The zero-order chi connectivity index (χ0) is 9.68. The third-order valence-electron chi connectivity index (χ3n) is 1.82. The molecule has 0 spiro atoms. The molecule has 0 aliphatic rings. The first-order valence-corrected chi connectivity index (χ1v) is 5.26. The quantitative estimate of drug-likeness (QED) is 0.597. The lowest BCUT2D eigenvalue weighted by Crippen LogP contribution is -2.09. The van der Waals surface area contributed by atoms with Crippen molar-refractivity contribution in [3.05, 3.63) is 23.8 Å². The molecule has 1 aromatic rings. The maximum absolute atomic E-state index is 10.7. The van der Waals surface area contributed by atoms with Gasteiger partial charge in [0.2, 0.25) is 0 Å². The van der Waals surface area contributed by atoms with Crippen LogP contribution in [0.4, 0.5) is 0 Å². The second-order valence-corrected chi connectivity index (χ2v) is 3.29. The number of alkyl halides is 1. The normalized spacial score (nSPS) is 12.5. The minimum absolute atomic E-state index is 0.177. The molecule has 0 saturated heterocycles. The average molecular weight is 243 g/mol. The minimum Gasteiger partial charge on any atom is -0.303 e. The molecule has 0 bridgehead atoms. The fourth-order valence-corrected chi connectivity index (χ4v) is 1.59. The highest BCUT2D eigenvalue weighted by Gasteiger charge is 2.14. The van der Waals surface area contributed by atoms with E-state index in [1.165, 1.54) is 0 Å². The van der Waals surface area contributed by atoms with Gasteiger partial charge in [-0.15, -0.1) is 0 Å². The Labute approximate surface area is 85.7 Å². The highest BCUT2D eigenvalue weighted by atomic mass is 79.9. The van der Waals surface area contributed by atoms with Crippen LogP contribution in [0.1, 0.15) is 24.2 Å². The van der Waals surface area contributed by atoms with Crippen LogP contribution < -0.4 is 0 Å². The maximum atomic E-state index is 10.7. The van der Waals surface area contributed by atoms with Gasteiger partial charge in [-0.25, -0.2) is 0 Å². The van der Waals surface area contributed by atoms with Crippen LogP contribution in [0.25, 0.3) is 0 Å². The van der Waals surface area contributed by atoms with Crippen molar-refractivity contribution in [2.75, 3.05) is 5.33 Å². The van der Waals surface area contributed by atoms with Gasteiger partial charge in [-0.2, -0.15) is 0 Å². The smallest absolute Gasteiger partial charge is 0.129 e. The highest BCUT2D eigenvalue weighted by Crippen LogP contribution is 2.16. The van der Waals surface area contributed by atoms with E-state index in [0.29, 0.717) is 5.33 Å². The number of hydrogen-bond donors (Lipinski definition) is 0. The van der Waals surface area contributed by atoms with Crippen LogP contribution in [0.3, 0.4) is 0 Å². The number of halogens is 1. The van der Waals surface area contributed by atoms with Gasteiger partial charge in [0.05, 0.1) is 17.3 Å². The van der Waals surface area contributed by atoms with Gasteiger partial charge in [-0.1, -0.05) is 22.9 Å². The molecule has 4 heteroatoms. The van der Waals surface area contributed by atoms with E-state index in [1.807, 2.05) is 6.92 Å². The van der Waals surface area contributed by atoms with E-state index in [1.54, 1.807) is 12.4 Å². The van der Waals surface area contributed by atoms with Crippen molar-refractivity contribution in [3.8, 4) is 0 Å². The van der Waals surface area contributed by atoms with Crippen molar-refractivity contribution >= 4 is 22.2 Å². The third-order valence-corrected chi connectivity index (χ3v) is 2.52. The molecule has 0 saturated carbocycles. The van der Waals surface area contributed by atoms with E-state index in [2.05, 4.69) is 25.9 Å². The van der Waals surface area contributed by atoms with Crippen LogP contribution in [0, 0.1) is 0 Å². The van der Waals surface area contributed by atoms with Crippen LogP contribution in [0.5, 0.6) is 0 Å². The molecule has 0 fully saturated rings. The van der Waals surface area contributed by atoms with Crippen LogP contribution in [-0.4, -0.2) is 21.6 Å². The van der Waals surface area contributed by atoms with Gasteiger partial charge >= 0.3 is 0 Å². The summed E-state index contributed by atoms with van der Waals surface area (Å²) in [7, 11) is 0. The Morgan fingerprint density at radius 2 is 2.23 bits per heavy atom. The van der Waals surface area contributed by atoms with Gasteiger partial charge in [0.15, 0.2) is 0 Å². The van der Waals surface area contributed by atoms with Crippen LogP contribution in [0.15, 0.2) is 12.4 Å². The molecule has 1 unspecified atom stereocenters.